The highest BCUT2D eigenvalue weighted by atomic mass is 35.5. The average Bonchev–Trinajstić information content (AvgIpc) is 2.46. The van der Waals surface area contributed by atoms with Crippen LogP contribution in [0.25, 0.3) is 0 Å². The Hall–Kier alpha value is -1.20. The van der Waals surface area contributed by atoms with Crippen molar-refractivity contribution in [1.82, 2.24) is 0 Å². The highest BCUT2D eigenvalue weighted by molar-refractivity contribution is 6.32. The standard InChI is InChI=1S/C16H21ClN2/c1-2-12-3-5-13(6-4-12)11-19-15-8-7-14(10-18)16(17)9-15/h7-9,12-13,19H,2-6,11H2,1H3. The van der Waals surface area contributed by atoms with Gasteiger partial charge >= 0.3 is 0 Å². The first-order chi connectivity index (χ1) is 9.22. The first-order valence-electron chi connectivity index (χ1n) is 7.16. The summed E-state index contributed by atoms with van der Waals surface area (Å²) in [6.07, 6.45) is 6.73. The van der Waals surface area contributed by atoms with Crippen LogP contribution in [0.5, 0.6) is 0 Å². The number of nitriles is 1. The third-order valence-electron chi connectivity index (χ3n) is 4.23. The van der Waals surface area contributed by atoms with Gasteiger partial charge in [-0.25, -0.2) is 0 Å². The van der Waals surface area contributed by atoms with Gasteiger partial charge in [-0.1, -0.05) is 37.8 Å². The highest BCUT2D eigenvalue weighted by Gasteiger charge is 2.19. The maximum atomic E-state index is 8.84. The zero-order chi connectivity index (χ0) is 13.7. The summed E-state index contributed by atoms with van der Waals surface area (Å²) in [5.74, 6) is 1.72. The lowest BCUT2D eigenvalue weighted by Crippen LogP contribution is -2.20. The van der Waals surface area contributed by atoms with Gasteiger partial charge in [-0.05, 0) is 42.9 Å². The van der Waals surface area contributed by atoms with E-state index in [1.54, 1.807) is 6.07 Å². The van der Waals surface area contributed by atoms with Crippen LogP contribution in [-0.4, -0.2) is 6.54 Å². The van der Waals surface area contributed by atoms with Gasteiger partial charge in [0.15, 0.2) is 0 Å². The molecule has 0 unspecified atom stereocenters. The summed E-state index contributed by atoms with van der Waals surface area (Å²) in [6.45, 7) is 3.31. The number of anilines is 1. The van der Waals surface area contributed by atoms with E-state index in [9.17, 15) is 0 Å². The number of hydrogen-bond donors (Lipinski definition) is 1. The smallest absolute Gasteiger partial charge is 0.101 e. The molecule has 0 spiro atoms. The first-order valence-corrected chi connectivity index (χ1v) is 7.54. The predicted octanol–water partition coefficient (Wildman–Crippen LogP) is 4.84. The molecule has 1 fully saturated rings. The van der Waals surface area contributed by atoms with E-state index in [4.69, 9.17) is 16.9 Å². The Morgan fingerprint density at radius 1 is 1.26 bits per heavy atom. The van der Waals surface area contributed by atoms with Crippen LogP contribution >= 0.6 is 11.6 Å². The average molecular weight is 277 g/mol. The number of nitrogens with zero attached hydrogens (tertiary/aromatic N) is 1. The number of halogens is 1. The van der Waals surface area contributed by atoms with Crippen LogP contribution in [0.4, 0.5) is 5.69 Å². The molecule has 0 atom stereocenters. The molecule has 0 aliphatic heterocycles. The largest absolute Gasteiger partial charge is 0.385 e. The van der Waals surface area contributed by atoms with E-state index in [1.165, 1.54) is 32.1 Å². The third kappa shape index (κ3) is 3.88. The quantitative estimate of drug-likeness (QED) is 0.854. The molecule has 0 heterocycles. The Bertz CT molecular complexity index is 456. The third-order valence-corrected chi connectivity index (χ3v) is 4.54. The minimum atomic E-state index is 0.530. The van der Waals surface area contributed by atoms with Crippen molar-refractivity contribution in [3.8, 4) is 6.07 Å². The van der Waals surface area contributed by atoms with Gasteiger partial charge < -0.3 is 5.32 Å². The van der Waals surface area contributed by atoms with Crippen molar-refractivity contribution in [2.24, 2.45) is 11.8 Å². The van der Waals surface area contributed by atoms with E-state index in [-0.39, 0.29) is 0 Å². The molecule has 102 valence electrons. The van der Waals surface area contributed by atoms with Gasteiger partial charge in [0.05, 0.1) is 10.6 Å². The predicted molar refractivity (Wildman–Crippen MR) is 80.4 cm³/mol. The normalized spacial score (nSPS) is 22.8. The van der Waals surface area contributed by atoms with Crippen LogP contribution < -0.4 is 5.32 Å². The molecule has 19 heavy (non-hydrogen) atoms. The van der Waals surface area contributed by atoms with E-state index >= 15 is 0 Å². The molecule has 0 radical (unpaired) electrons. The Morgan fingerprint density at radius 3 is 2.53 bits per heavy atom. The molecule has 0 saturated heterocycles. The summed E-state index contributed by atoms with van der Waals surface area (Å²) in [5.41, 5.74) is 1.55. The zero-order valence-electron chi connectivity index (χ0n) is 11.5. The Balaban J connectivity index is 1.83. The minimum Gasteiger partial charge on any atom is -0.385 e. The molecule has 0 bridgehead atoms. The molecule has 2 rings (SSSR count). The van der Waals surface area contributed by atoms with Gasteiger partial charge in [0.1, 0.15) is 6.07 Å². The van der Waals surface area contributed by atoms with Crippen molar-refractivity contribution >= 4 is 17.3 Å². The first kappa shape index (κ1) is 14.2. The Kier molecular flexibility index (Phi) is 5.10. The fourth-order valence-electron chi connectivity index (χ4n) is 2.82. The second-order valence-corrected chi connectivity index (χ2v) is 5.89. The monoisotopic (exact) mass is 276 g/mol. The molecule has 1 aliphatic rings. The van der Waals surface area contributed by atoms with Crippen molar-refractivity contribution in [3.05, 3.63) is 28.8 Å². The van der Waals surface area contributed by atoms with E-state index in [2.05, 4.69) is 18.3 Å². The van der Waals surface area contributed by atoms with E-state index < -0.39 is 0 Å². The lowest BCUT2D eigenvalue weighted by atomic mass is 9.81. The molecule has 2 nitrogen and oxygen atoms in total. The zero-order valence-corrected chi connectivity index (χ0v) is 12.2. The van der Waals surface area contributed by atoms with Crippen LogP contribution in [0.3, 0.4) is 0 Å². The van der Waals surface area contributed by atoms with Crippen molar-refractivity contribution in [2.75, 3.05) is 11.9 Å². The second kappa shape index (κ2) is 6.82. The number of rotatable bonds is 4. The fraction of sp³-hybridized carbons (Fsp3) is 0.562. The SMILES string of the molecule is CCC1CCC(CNc2ccc(C#N)c(Cl)c2)CC1. The van der Waals surface area contributed by atoms with Gasteiger partial charge in [-0.15, -0.1) is 0 Å². The van der Waals surface area contributed by atoms with E-state index in [0.717, 1.165) is 24.1 Å². The summed E-state index contributed by atoms with van der Waals surface area (Å²) in [7, 11) is 0. The van der Waals surface area contributed by atoms with Gasteiger partial charge in [0.25, 0.3) is 0 Å². The van der Waals surface area contributed by atoms with Gasteiger partial charge in [0, 0.05) is 12.2 Å². The molecule has 1 aliphatic carbocycles. The van der Waals surface area contributed by atoms with Crippen molar-refractivity contribution in [2.45, 2.75) is 39.0 Å². The Labute approximate surface area is 120 Å². The topological polar surface area (TPSA) is 35.8 Å². The van der Waals surface area contributed by atoms with Crippen molar-refractivity contribution < 1.29 is 0 Å². The lowest BCUT2D eigenvalue weighted by Gasteiger charge is -2.28. The van der Waals surface area contributed by atoms with E-state index in [1.807, 2.05) is 12.1 Å². The molecular formula is C16H21ClN2. The van der Waals surface area contributed by atoms with Crippen molar-refractivity contribution in [1.29, 1.82) is 5.26 Å². The molecular weight excluding hydrogens is 256 g/mol. The highest BCUT2D eigenvalue weighted by Crippen LogP contribution is 2.31. The molecule has 1 N–H and O–H groups in total. The maximum absolute atomic E-state index is 8.84. The van der Waals surface area contributed by atoms with Crippen LogP contribution in [0.1, 0.15) is 44.6 Å². The van der Waals surface area contributed by atoms with E-state index in [0.29, 0.717) is 10.6 Å². The number of hydrogen-bond acceptors (Lipinski definition) is 2. The van der Waals surface area contributed by atoms with Crippen molar-refractivity contribution in [3.63, 3.8) is 0 Å². The molecule has 1 aromatic carbocycles. The lowest BCUT2D eigenvalue weighted by molar-refractivity contribution is 0.278. The fourth-order valence-corrected chi connectivity index (χ4v) is 3.04. The summed E-state index contributed by atoms with van der Waals surface area (Å²) >= 11 is 6.03. The van der Waals surface area contributed by atoms with Crippen LogP contribution in [0, 0.1) is 23.2 Å². The molecule has 1 saturated carbocycles. The molecule has 0 aromatic heterocycles. The Morgan fingerprint density at radius 2 is 1.95 bits per heavy atom. The van der Waals surface area contributed by atoms with Gasteiger partial charge in [-0.2, -0.15) is 5.26 Å². The number of benzene rings is 1. The molecule has 3 heteroatoms. The second-order valence-electron chi connectivity index (χ2n) is 5.48. The van der Waals surface area contributed by atoms with Gasteiger partial charge in [0.2, 0.25) is 0 Å². The number of nitrogens with one attached hydrogen (secondary N) is 1. The molecule has 1 aromatic rings. The summed E-state index contributed by atoms with van der Waals surface area (Å²) in [4.78, 5) is 0. The van der Waals surface area contributed by atoms with Gasteiger partial charge in [-0.3, -0.25) is 0 Å². The van der Waals surface area contributed by atoms with Crippen LogP contribution in [0.2, 0.25) is 5.02 Å². The molecule has 0 amide bonds. The maximum Gasteiger partial charge on any atom is 0.101 e. The van der Waals surface area contributed by atoms with Crippen LogP contribution in [-0.2, 0) is 0 Å². The summed E-state index contributed by atoms with van der Waals surface area (Å²) in [6, 6.07) is 7.63. The summed E-state index contributed by atoms with van der Waals surface area (Å²) < 4.78 is 0. The minimum absolute atomic E-state index is 0.530. The summed E-state index contributed by atoms with van der Waals surface area (Å²) in [5, 5.41) is 12.8. The van der Waals surface area contributed by atoms with Crippen LogP contribution in [0.15, 0.2) is 18.2 Å².